The average molecular weight is 742 g/mol. The third kappa shape index (κ3) is 4.93. The minimum Gasteiger partial charge on any atom is -0.313 e. The molecule has 3 heteroatoms. The highest BCUT2D eigenvalue weighted by Crippen LogP contribution is 2.43. The normalized spacial score (nSPS) is 14.0. The zero-order valence-electron chi connectivity index (χ0n) is 32.2. The van der Waals surface area contributed by atoms with Crippen LogP contribution in [0.4, 0.5) is 0 Å². The van der Waals surface area contributed by atoms with E-state index in [9.17, 15) is 0 Å². The molecule has 0 aliphatic heterocycles. The molecule has 0 amide bonds. The van der Waals surface area contributed by atoms with Gasteiger partial charge < -0.3 is 13.7 Å². The Bertz CT molecular complexity index is 3420. The summed E-state index contributed by atoms with van der Waals surface area (Å²) >= 11 is 0. The fourth-order valence-electron chi connectivity index (χ4n) is 9.78. The molecular formula is C55H39N3. The number of allylic oxidation sites excluding steroid dienone is 1. The van der Waals surface area contributed by atoms with E-state index in [-0.39, 0.29) is 0 Å². The van der Waals surface area contributed by atoms with Gasteiger partial charge in [-0.25, -0.2) is 0 Å². The Balaban J connectivity index is 1.05. The molecule has 274 valence electrons. The standard InChI is InChI=1S/C55H39N3/c1-36-14-13-22-45-47-33-38(27-31-54(47)58(55(36)45)43-19-9-4-10-20-43)40-26-30-53-49(35-40)48-34-39(25-29-52(48)57(53)42-17-7-3-8-18-42)37-24-28-51-46(32-37)44-21-11-12-23-50(44)56(51)41-15-5-2-6-16-41/h2-13,15-36H,14H2,1H3. The van der Waals surface area contributed by atoms with Gasteiger partial charge in [0.25, 0.3) is 0 Å². The number of aromatic nitrogens is 3. The lowest BCUT2D eigenvalue weighted by molar-refractivity contribution is 0.723. The van der Waals surface area contributed by atoms with Crippen LogP contribution in [0.3, 0.4) is 0 Å². The van der Waals surface area contributed by atoms with Gasteiger partial charge in [0.15, 0.2) is 0 Å². The second-order valence-corrected chi connectivity index (χ2v) is 15.8. The number of rotatable bonds is 5. The molecule has 3 heterocycles. The van der Waals surface area contributed by atoms with Crippen LogP contribution in [0.1, 0.15) is 30.5 Å². The fraction of sp³-hybridized carbons (Fsp3) is 0.0545. The van der Waals surface area contributed by atoms with E-state index in [0.29, 0.717) is 5.92 Å². The van der Waals surface area contributed by atoms with Crippen molar-refractivity contribution in [1.82, 2.24) is 13.7 Å². The van der Waals surface area contributed by atoms with Gasteiger partial charge in [-0.3, -0.25) is 0 Å². The zero-order valence-corrected chi connectivity index (χ0v) is 32.2. The van der Waals surface area contributed by atoms with Gasteiger partial charge in [-0.05, 0) is 120 Å². The fourth-order valence-corrected chi connectivity index (χ4v) is 9.78. The predicted octanol–water partition coefficient (Wildman–Crippen LogP) is 14.7. The molecule has 1 unspecified atom stereocenters. The molecular weight excluding hydrogens is 703 g/mol. The summed E-state index contributed by atoms with van der Waals surface area (Å²) in [4.78, 5) is 0. The summed E-state index contributed by atoms with van der Waals surface area (Å²) in [5, 5.41) is 6.32. The molecule has 0 radical (unpaired) electrons. The topological polar surface area (TPSA) is 14.8 Å². The molecule has 0 fully saturated rings. The van der Waals surface area contributed by atoms with Gasteiger partial charge in [0.2, 0.25) is 0 Å². The maximum Gasteiger partial charge on any atom is 0.0541 e. The van der Waals surface area contributed by atoms with Crippen molar-refractivity contribution in [3.63, 3.8) is 0 Å². The molecule has 8 aromatic carbocycles. The third-order valence-electron chi connectivity index (χ3n) is 12.4. The van der Waals surface area contributed by atoms with Gasteiger partial charge in [0, 0.05) is 61.2 Å². The first kappa shape index (κ1) is 32.8. The molecule has 1 aliphatic carbocycles. The molecule has 0 saturated carbocycles. The summed E-state index contributed by atoms with van der Waals surface area (Å²) < 4.78 is 7.28. The van der Waals surface area contributed by atoms with Crippen LogP contribution in [0.2, 0.25) is 0 Å². The van der Waals surface area contributed by atoms with E-state index in [2.05, 4.69) is 221 Å². The summed E-state index contributed by atoms with van der Waals surface area (Å²) in [6.07, 6.45) is 5.74. The quantitative estimate of drug-likeness (QED) is 0.167. The molecule has 3 aromatic heterocycles. The van der Waals surface area contributed by atoms with E-state index < -0.39 is 0 Å². The molecule has 1 atom stereocenters. The Labute approximate surface area is 337 Å². The van der Waals surface area contributed by atoms with Gasteiger partial charge in [0.05, 0.1) is 27.6 Å². The monoisotopic (exact) mass is 741 g/mol. The van der Waals surface area contributed by atoms with Crippen LogP contribution in [0.15, 0.2) is 194 Å². The molecule has 0 bridgehead atoms. The zero-order chi connectivity index (χ0) is 38.3. The highest BCUT2D eigenvalue weighted by molar-refractivity contribution is 6.13. The molecule has 0 N–H and O–H groups in total. The molecule has 0 saturated heterocycles. The third-order valence-corrected chi connectivity index (χ3v) is 12.4. The second-order valence-electron chi connectivity index (χ2n) is 15.8. The van der Waals surface area contributed by atoms with Crippen molar-refractivity contribution in [3.05, 3.63) is 205 Å². The Morgan fingerprint density at radius 1 is 0.362 bits per heavy atom. The van der Waals surface area contributed by atoms with Crippen LogP contribution in [0, 0.1) is 0 Å². The first-order valence-corrected chi connectivity index (χ1v) is 20.3. The number of fused-ring (bicyclic) bond motifs is 9. The highest BCUT2D eigenvalue weighted by atomic mass is 15.0. The Morgan fingerprint density at radius 2 is 0.741 bits per heavy atom. The van der Waals surface area contributed by atoms with Crippen molar-refractivity contribution in [2.45, 2.75) is 19.3 Å². The smallest absolute Gasteiger partial charge is 0.0541 e. The Kier molecular flexibility index (Phi) is 7.27. The second kappa shape index (κ2) is 12.8. The van der Waals surface area contributed by atoms with Crippen molar-refractivity contribution in [2.24, 2.45) is 0 Å². The van der Waals surface area contributed by atoms with Crippen molar-refractivity contribution < 1.29 is 0 Å². The number of hydrogen-bond acceptors (Lipinski definition) is 0. The van der Waals surface area contributed by atoms with Crippen LogP contribution >= 0.6 is 0 Å². The van der Waals surface area contributed by atoms with Gasteiger partial charge in [-0.1, -0.05) is 116 Å². The summed E-state index contributed by atoms with van der Waals surface area (Å²) in [7, 11) is 0. The maximum atomic E-state index is 2.48. The first-order valence-electron chi connectivity index (χ1n) is 20.3. The van der Waals surface area contributed by atoms with Gasteiger partial charge in [-0.2, -0.15) is 0 Å². The summed E-state index contributed by atoms with van der Waals surface area (Å²) in [6, 6.07) is 69.1. The first-order chi connectivity index (χ1) is 28.7. The minimum absolute atomic E-state index is 0.439. The average Bonchev–Trinajstić information content (AvgIpc) is 3.92. The van der Waals surface area contributed by atoms with Crippen LogP contribution in [0.25, 0.3) is 99.9 Å². The van der Waals surface area contributed by atoms with E-state index in [0.717, 1.165) is 12.1 Å². The van der Waals surface area contributed by atoms with E-state index >= 15 is 0 Å². The van der Waals surface area contributed by atoms with E-state index in [1.807, 2.05) is 0 Å². The lowest BCUT2D eigenvalue weighted by Crippen LogP contribution is -2.06. The van der Waals surface area contributed by atoms with Gasteiger partial charge in [0.1, 0.15) is 0 Å². The number of nitrogens with zero attached hydrogens (tertiary/aromatic N) is 3. The van der Waals surface area contributed by atoms with E-state index in [1.54, 1.807) is 0 Å². The van der Waals surface area contributed by atoms with Crippen LogP contribution < -0.4 is 0 Å². The van der Waals surface area contributed by atoms with Crippen molar-refractivity contribution in [3.8, 4) is 39.3 Å². The minimum atomic E-state index is 0.439. The SMILES string of the molecule is CC1CC=Cc2c1n(-c1ccccc1)c1ccc(-c3ccc4c(c3)c3cc(-c5ccc6c(c5)c5ccccc5n6-c5ccccc5)ccc3n4-c3ccccc3)cc21. The van der Waals surface area contributed by atoms with Crippen LogP contribution in [-0.2, 0) is 0 Å². The number of hydrogen-bond donors (Lipinski definition) is 0. The molecule has 12 rings (SSSR count). The lowest BCUT2D eigenvalue weighted by atomic mass is 9.92. The van der Waals surface area contributed by atoms with Crippen molar-refractivity contribution in [1.29, 1.82) is 0 Å². The summed E-state index contributed by atoms with van der Waals surface area (Å²) in [5.74, 6) is 0.439. The molecule has 58 heavy (non-hydrogen) atoms. The number of benzene rings is 8. The molecule has 3 nitrogen and oxygen atoms in total. The molecule has 0 spiro atoms. The van der Waals surface area contributed by atoms with Crippen LogP contribution in [-0.4, -0.2) is 13.7 Å². The van der Waals surface area contributed by atoms with Crippen molar-refractivity contribution in [2.75, 3.05) is 0 Å². The molecule has 11 aromatic rings. The Morgan fingerprint density at radius 3 is 1.24 bits per heavy atom. The van der Waals surface area contributed by atoms with Crippen molar-refractivity contribution >= 4 is 60.6 Å². The maximum absolute atomic E-state index is 2.48. The summed E-state index contributed by atoms with van der Waals surface area (Å²) in [6.45, 7) is 2.35. The predicted molar refractivity (Wildman–Crippen MR) is 245 cm³/mol. The largest absolute Gasteiger partial charge is 0.313 e. The van der Waals surface area contributed by atoms with Gasteiger partial charge >= 0.3 is 0 Å². The van der Waals surface area contributed by atoms with E-state index in [4.69, 9.17) is 0 Å². The molecule has 1 aliphatic rings. The van der Waals surface area contributed by atoms with Gasteiger partial charge in [-0.15, -0.1) is 0 Å². The Hall–Kier alpha value is -7.36. The van der Waals surface area contributed by atoms with Crippen LogP contribution in [0.5, 0.6) is 0 Å². The van der Waals surface area contributed by atoms with E-state index in [1.165, 1.54) is 99.4 Å². The lowest BCUT2D eigenvalue weighted by Gasteiger charge is -2.19. The highest BCUT2D eigenvalue weighted by Gasteiger charge is 2.24. The summed E-state index contributed by atoms with van der Waals surface area (Å²) in [5.41, 5.74) is 17.3. The number of para-hydroxylation sites is 4.